The average Bonchev–Trinajstić information content (AvgIpc) is 2.46. The number of methoxy groups -OCH3 is 1. The minimum atomic E-state index is -1.05. The molecule has 0 atom stereocenters. The lowest BCUT2D eigenvalue weighted by atomic mass is 10.0. The van der Waals surface area contributed by atoms with E-state index in [9.17, 15) is 14.7 Å². The number of allylic oxidation sites excluding steroid dienone is 1. The van der Waals surface area contributed by atoms with E-state index in [0.29, 0.717) is 17.5 Å². The van der Waals surface area contributed by atoms with Crippen LogP contribution < -0.4 is 15.8 Å². The molecule has 0 heterocycles. The summed E-state index contributed by atoms with van der Waals surface area (Å²) in [6.45, 7) is 3.59. The fourth-order valence-electron chi connectivity index (χ4n) is 1.73. The molecule has 0 aliphatic carbocycles. The van der Waals surface area contributed by atoms with Crippen LogP contribution in [0.15, 0.2) is 30.4 Å². The van der Waals surface area contributed by atoms with Gasteiger partial charge in [0.1, 0.15) is 11.6 Å². The van der Waals surface area contributed by atoms with Crippen LogP contribution >= 0.6 is 0 Å². The number of hydrogen-bond acceptors (Lipinski definition) is 5. The molecule has 0 saturated carbocycles. The molecule has 22 heavy (non-hydrogen) atoms. The summed E-state index contributed by atoms with van der Waals surface area (Å²) in [5, 5.41) is 20.8. The lowest BCUT2D eigenvalue weighted by Gasteiger charge is -2.09. The number of ether oxygens (including phenoxy) is 1. The topological polar surface area (TPSA) is 125 Å². The van der Waals surface area contributed by atoms with Crippen molar-refractivity contribution in [3.8, 4) is 17.6 Å². The Balaban J connectivity index is 3.30. The molecular weight excluding hydrogens is 286 g/mol. The summed E-state index contributed by atoms with van der Waals surface area (Å²) in [5.74, 6) is -0.759. The van der Waals surface area contributed by atoms with Gasteiger partial charge in [0.2, 0.25) is 0 Å². The number of amides is 3. The number of urea groups is 1. The van der Waals surface area contributed by atoms with Crippen LogP contribution in [0.1, 0.15) is 11.1 Å². The molecule has 1 aromatic rings. The lowest BCUT2D eigenvalue weighted by Crippen LogP contribution is -2.35. The second-order valence-corrected chi connectivity index (χ2v) is 4.21. The first kappa shape index (κ1) is 16.8. The Hall–Kier alpha value is -3.27. The third-order valence-corrected chi connectivity index (χ3v) is 2.67. The van der Waals surface area contributed by atoms with E-state index in [1.165, 1.54) is 19.3 Å². The van der Waals surface area contributed by atoms with E-state index >= 15 is 0 Å². The van der Waals surface area contributed by atoms with Crippen LogP contribution in [0.5, 0.6) is 11.5 Å². The first-order chi connectivity index (χ1) is 10.4. The highest BCUT2D eigenvalue weighted by Gasteiger charge is 2.13. The second-order valence-electron chi connectivity index (χ2n) is 4.21. The molecule has 0 aliphatic rings. The summed E-state index contributed by atoms with van der Waals surface area (Å²) >= 11 is 0. The smallest absolute Gasteiger partial charge is 0.319 e. The van der Waals surface area contributed by atoms with Crippen molar-refractivity contribution in [2.45, 2.75) is 6.42 Å². The highest BCUT2D eigenvalue weighted by Crippen LogP contribution is 2.32. The van der Waals surface area contributed by atoms with Crippen LogP contribution in [0.4, 0.5) is 4.79 Å². The molecule has 0 radical (unpaired) electrons. The number of carbonyl (C=O) groups is 2. The van der Waals surface area contributed by atoms with Crippen molar-refractivity contribution in [2.24, 2.45) is 5.73 Å². The van der Waals surface area contributed by atoms with Crippen molar-refractivity contribution < 1.29 is 19.4 Å². The van der Waals surface area contributed by atoms with Crippen LogP contribution in [-0.4, -0.2) is 24.2 Å². The number of imide groups is 1. The van der Waals surface area contributed by atoms with Gasteiger partial charge in [0.25, 0.3) is 5.91 Å². The van der Waals surface area contributed by atoms with Gasteiger partial charge in [0.05, 0.1) is 7.11 Å². The third-order valence-electron chi connectivity index (χ3n) is 2.67. The van der Waals surface area contributed by atoms with E-state index in [1.807, 2.05) is 0 Å². The molecule has 0 unspecified atom stereocenters. The van der Waals surface area contributed by atoms with Crippen molar-refractivity contribution in [3.05, 3.63) is 41.5 Å². The summed E-state index contributed by atoms with van der Waals surface area (Å²) in [5.41, 5.74) is 5.50. The zero-order chi connectivity index (χ0) is 16.7. The van der Waals surface area contributed by atoms with E-state index in [4.69, 9.17) is 15.7 Å². The number of carbonyl (C=O) groups excluding carboxylic acids is 2. The normalized spacial score (nSPS) is 10.5. The van der Waals surface area contributed by atoms with Gasteiger partial charge in [-0.3, -0.25) is 10.1 Å². The Morgan fingerprint density at radius 3 is 2.73 bits per heavy atom. The Bertz CT molecular complexity index is 687. The van der Waals surface area contributed by atoms with Crippen LogP contribution in [0, 0.1) is 11.3 Å². The van der Waals surface area contributed by atoms with Crippen molar-refractivity contribution >= 4 is 18.0 Å². The highest BCUT2D eigenvalue weighted by molar-refractivity contribution is 6.08. The van der Waals surface area contributed by atoms with E-state index < -0.39 is 11.9 Å². The number of nitrogens with one attached hydrogen (secondary N) is 1. The number of nitrogens with two attached hydrogens (primary N) is 1. The lowest BCUT2D eigenvalue weighted by molar-refractivity contribution is -0.115. The van der Waals surface area contributed by atoms with E-state index in [2.05, 4.69) is 6.58 Å². The number of nitrogens with zero attached hydrogens (tertiary/aromatic N) is 1. The fourth-order valence-corrected chi connectivity index (χ4v) is 1.73. The molecule has 1 rings (SSSR count). The van der Waals surface area contributed by atoms with Crippen LogP contribution in [0.25, 0.3) is 6.08 Å². The summed E-state index contributed by atoms with van der Waals surface area (Å²) in [7, 11) is 1.38. The van der Waals surface area contributed by atoms with Crippen molar-refractivity contribution in [3.63, 3.8) is 0 Å². The average molecular weight is 301 g/mol. The molecular formula is C15H15N3O4. The van der Waals surface area contributed by atoms with Gasteiger partial charge in [-0.15, -0.1) is 6.58 Å². The Kier molecular flexibility index (Phi) is 5.72. The Labute approximate surface area is 127 Å². The summed E-state index contributed by atoms with van der Waals surface area (Å²) in [6.07, 6.45) is 3.22. The van der Waals surface area contributed by atoms with E-state index in [1.54, 1.807) is 23.5 Å². The third kappa shape index (κ3) is 4.11. The molecule has 7 nitrogen and oxygen atoms in total. The van der Waals surface area contributed by atoms with E-state index in [-0.39, 0.29) is 17.1 Å². The molecule has 3 amide bonds. The monoisotopic (exact) mass is 301 g/mol. The molecule has 0 fully saturated rings. The molecule has 0 bridgehead atoms. The number of phenols is 1. The van der Waals surface area contributed by atoms with Gasteiger partial charge >= 0.3 is 6.03 Å². The minimum Gasteiger partial charge on any atom is -0.504 e. The molecule has 7 heteroatoms. The van der Waals surface area contributed by atoms with Gasteiger partial charge in [-0.25, -0.2) is 4.79 Å². The molecule has 4 N–H and O–H groups in total. The molecule has 114 valence electrons. The van der Waals surface area contributed by atoms with Crippen LogP contribution in [0.2, 0.25) is 0 Å². The van der Waals surface area contributed by atoms with E-state index in [0.717, 1.165) is 0 Å². The zero-order valence-electron chi connectivity index (χ0n) is 11.9. The number of hydrogen-bond donors (Lipinski definition) is 3. The number of benzene rings is 1. The first-order valence-electron chi connectivity index (χ1n) is 6.16. The number of primary amides is 1. The number of phenolic OH excluding ortho intramolecular Hbond substituents is 1. The Morgan fingerprint density at radius 2 is 2.23 bits per heavy atom. The van der Waals surface area contributed by atoms with Gasteiger partial charge in [0.15, 0.2) is 11.5 Å². The van der Waals surface area contributed by atoms with Gasteiger partial charge in [-0.1, -0.05) is 6.08 Å². The maximum Gasteiger partial charge on any atom is 0.319 e. The fraction of sp³-hybridized carbons (Fsp3) is 0.133. The maximum atomic E-state index is 11.6. The molecule has 0 spiro atoms. The summed E-state index contributed by atoms with van der Waals surface area (Å²) in [6, 6.07) is 3.66. The highest BCUT2D eigenvalue weighted by atomic mass is 16.5. The molecule has 1 aromatic carbocycles. The van der Waals surface area contributed by atoms with Crippen LogP contribution in [0.3, 0.4) is 0 Å². The molecule has 0 aromatic heterocycles. The maximum absolute atomic E-state index is 11.6. The van der Waals surface area contributed by atoms with Crippen molar-refractivity contribution in [1.29, 1.82) is 5.26 Å². The molecule has 0 aliphatic heterocycles. The standard InChI is InChI=1S/C15H15N3O4/c1-3-4-10-5-9(7-12(22-2)13(10)19)6-11(8-16)14(20)18-15(17)21/h3,5-7,19H,1,4H2,2H3,(H3,17,18,20,21)/b11-6-. The minimum absolute atomic E-state index is 0.0420. The number of nitriles is 1. The largest absolute Gasteiger partial charge is 0.504 e. The quantitative estimate of drug-likeness (QED) is 0.428. The van der Waals surface area contributed by atoms with Gasteiger partial charge in [-0.05, 0) is 30.2 Å². The Morgan fingerprint density at radius 1 is 1.55 bits per heavy atom. The van der Waals surface area contributed by atoms with Crippen molar-refractivity contribution in [1.82, 2.24) is 5.32 Å². The number of aromatic hydroxyl groups is 1. The summed E-state index contributed by atoms with van der Waals surface area (Å²) in [4.78, 5) is 22.3. The van der Waals surface area contributed by atoms with Gasteiger partial charge in [-0.2, -0.15) is 5.26 Å². The predicted octanol–water partition coefficient (Wildman–Crippen LogP) is 1.23. The van der Waals surface area contributed by atoms with Crippen molar-refractivity contribution in [2.75, 3.05) is 7.11 Å². The second kappa shape index (κ2) is 7.50. The van der Waals surface area contributed by atoms with Gasteiger partial charge in [0, 0.05) is 5.56 Å². The van der Waals surface area contributed by atoms with Gasteiger partial charge < -0.3 is 15.6 Å². The molecule has 0 saturated heterocycles. The first-order valence-corrected chi connectivity index (χ1v) is 6.16. The SMILES string of the molecule is C=CCc1cc(/C=C(/C#N)C(=O)NC(N)=O)cc(OC)c1O. The summed E-state index contributed by atoms with van der Waals surface area (Å²) < 4.78 is 5.04. The number of rotatable bonds is 5. The zero-order valence-corrected chi connectivity index (χ0v) is 11.9. The predicted molar refractivity (Wildman–Crippen MR) is 79.9 cm³/mol. The van der Waals surface area contributed by atoms with Crippen LogP contribution in [-0.2, 0) is 11.2 Å².